The predicted octanol–water partition coefficient (Wildman–Crippen LogP) is 3.63. The molecule has 0 unspecified atom stereocenters. The van der Waals surface area contributed by atoms with E-state index in [1.165, 1.54) is 35.1 Å². The average Bonchev–Trinajstić information content (AvgIpc) is 2.72. The number of hydrogen-bond donors (Lipinski definition) is 0. The number of methoxy groups -OCH3 is 1. The number of hydrogen-bond acceptors (Lipinski definition) is 2. The van der Waals surface area contributed by atoms with Crippen LogP contribution in [0.1, 0.15) is 34.6 Å². The van der Waals surface area contributed by atoms with Gasteiger partial charge >= 0.3 is 0 Å². The molecule has 0 amide bonds. The van der Waals surface area contributed by atoms with E-state index in [1.807, 2.05) is 0 Å². The van der Waals surface area contributed by atoms with Gasteiger partial charge < -0.3 is 9.64 Å². The summed E-state index contributed by atoms with van der Waals surface area (Å²) in [5.41, 5.74) is 5.99. The van der Waals surface area contributed by atoms with Gasteiger partial charge in [-0.05, 0) is 60.7 Å². The van der Waals surface area contributed by atoms with E-state index in [2.05, 4.69) is 54.4 Å². The van der Waals surface area contributed by atoms with Crippen LogP contribution in [0.4, 0.5) is 0 Å². The van der Waals surface area contributed by atoms with E-state index in [9.17, 15) is 0 Å². The van der Waals surface area contributed by atoms with Gasteiger partial charge in [0.2, 0.25) is 0 Å². The molecule has 1 aliphatic heterocycles. The lowest BCUT2D eigenvalue weighted by molar-refractivity contribution is 0.214. The van der Waals surface area contributed by atoms with E-state index in [1.54, 1.807) is 7.11 Å². The van der Waals surface area contributed by atoms with Crippen LogP contribution in [0, 0.1) is 0 Å². The minimum absolute atomic E-state index is 0.475. The molecule has 0 saturated carbocycles. The van der Waals surface area contributed by atoms with Crippen molar-refractivity contribution in [1.29, 1.82) is 0 Å². The van der Waals surface area contributed by atoms with E-state index >= 15 is 0 Å². The molecule has 0 bridgehead atoms. The minimum Gasteiger partial charge on any atom is -0.497 e. The van der Waals surface area contributed by atoms with Crippen LogP contribution in [0.25, 0.3) is 0 Å². The summed E-state index contributed by atoms with van der Waals surface area (Å²) in [5, 5.41) is 0. The van der Waals surface area contributed by atoms with E-state index in [0.717, 1.165) is 18.7 Å². The van der Waals surface area contributed by atoms with E-state index in [-0.39, 0.29) is 0 Å². The van der Waals surface area contributed by atoms with Crippen LogP contribution in [0.15, 0.2) is 42.5 Å². The predicted molar refractivity (Wildman–Crippen MR) is 89.7 cm³/mol. The lowest BCUT2D eigenvalue weighted by atomic mass is 9.74. The van der Waals surface area contributed by atoms with Gasteiger partial charge in [0.15, 0.2) is 0 Å². The maximum absolute atomic E-state index is 5.49. The number of aryl methyl sites for hydroxylation is 1. The average molecular weight is 293 g/mol. The molecule has 4 rings (SSSR count). The van der Waals surface area contributed by atoms with Crippen LogP contribution in [0.5, 0.6) is 5.75 Å². The van der Waals surface area contributed by atoms with Crippen molar-refractivity contribution in [2.24, 2.45) is 0 Å². The summed E-state index contributed by atoms with van der Waals surface area (Å²) in [6, 6.07) is 16.2. The van der Waals surface area contributed by atoms with Gasteiger partial charge in [-0.25, -0.2) is 0 Å². The van der Waals surface area contributed by atoms with Gasteiger partial charge in [0.25, 0.3) is 0 Å². The molecule has 2 aromatic rings. The van der Waals surface area contributed by atoms with Crippen LogP contribution in [0.2, 0.25) is 0 Å². The quantitative estimate of drug-likeness (QED) is 0.796. The Morgan fingerprint density at radius 2 is 1.82 bits per heavy atom. The first-order valence-electron chi connectivity index (χ1n) is 8.23. The third-order valence-corrected chi connectivity index (χ3v) is 5.47. The Morgan fingerprint density at radius 3 is 2.68 bits per heavy atom. The zero-order valence-corrected chi connectivity index (χ0v) is 13.4. The standard InChI is InChI=1S/C20H23NO/c1-21-12-11-14-5-3-4-6-17(14)20-18-13-16(22-2)9-7-15(18)8-10-19(20)21/h3-7,9,13,19-20H,8,10-12H2,1-2H3/t19-,20-/m1/s1. The Labute approximate surface area is 132 Å². The Bertz CT molecular complexity index is 694. The summed E-state index contributed by atoms with van der Waals surface area (Å²) >= 11 is 0. The second-order valence-electron chi connectivity index (χ2n) is 6.58. The van der Waals surface area contributed by atoms with E-state index in [0.29, 0.717) is 12.0 Å². The number of likely N-dealkylation sites (N-methyl/N-ethyl adjacent to an activating group) is 1. The molecule has 0 radical (unpaired) electrons. The van der Waals surface area contributed by atoms with Crippen LogP contribution in [0.3, 0.4) is 0 Å². The molecule has 2 aliphatic rings. The van der Waals surface area contributed by atoms with Crippen molar-refractivity contribution in [1.82, 2.24) is 4.90 Å². The van der Waals surface area contributed by atoms with Crippen molar-refractivity contribution in [2.75, 3.05) is 20.7 Å². The molecule has 0 N–H and O–H groups in total. The zero-order valence-electron chi connectivity index (χ0n) is 13.4. The largest absolute Gasteiger partial charge is 0.497 e. The first-order chi connectivity index (χ1) is 10.8. The normalized spacial score (nSPS) is 23.9. The lowest BCUT2D eigenvalue weighted by Crippen LogP contribution is -2.39. The highest BCUT2D eigenvalue weighted by Gasteiger charge is 2.36. The van der Waals surface area contributed by atoms with Crippen molar-refractivity contribution in [2.45, 2.75) is 31.2 Å². The Kier molecular flexibility index (Phi) is 3.42. The van der Waals surface area contributed by atoms with Gasteiger partial charge in [-0.1, -0.05) is 30.3 Å². The third-order valence-electron chi connectivity index (χ3n) is 5.47. The van der Waals surface area contributed by atoms with Crippen molar-refractivity contribution in [3.63, 3.8) is 0 Å². The van der Waals surface area contributed by atoms with Gasteiger partial charge in [-0.3, -0.25) is 0 Å². The van der Waals surface area contributed by atoms with E-state index < -0.39 is 0 Å². The number of rotatable bonds is 1. The molecule has 0 fully saturated rings. The van der Waals surface area contributed by atoms with Crippen LogP contribution in [-0.4, -0.2) is 31.6 Å². The van der Waals surface area contributed by atoms with Crippen LogP contribution >= 0.6 is 0 Å². The summed E-state index contributed by atoms with van der Waals surface area (Å²) in [4.78, 5) is 2.56. The molecule has 2 nitrogen and oxygen atoms in total. The number of fused-ring (bicyclic) bond motifs is 5. The Hall–Kier alpha value is -1.80. The number of benzene rings is 2. The van der Waals surface area contributed by atoms with Crippen LogP contribution in [-0.2, 0) is 12.8 Å². The molecule has 1 aliphatic carbocycles. The van der Waals surface area contributed by atoms with Crippen molar-refractivity contribution >= 4 is 0 Å². The highest BCUT2D eigenvalue weighted by Crippen LogP contribution is 2.43. The van der Waals surface area contributed by atoms with Gasteiger partial charge in [-0.2, -0.15) is 0 Å². The topological polar surface area (TPSA) is 12.5 Å². The second kappa shape index (κ2) is 5.44. The number of ether oxygens (including phenoxy) is 1. The summed E-state index contributed by atoms with van der Waals surface area (Å²) in [6.07, 6.45) is 3.57. The van der Waals surface area contributed by atoms with Gasteiger partial charge in [-0.15, -0.1) is 0 Å². The first-order valence-corrected chi connectivity index (χ1v) is 8.23. The smallest absolute Gasteiger partial charge is 0.119 e. The third kappa shape index (κ3) is 2.14. The van der Waals surface area contributed by atoms with E-state index in [4.69, 9.17) is 4.74 Å². The van der Waals surface area contributed by atoms with Crippen molar-refractivity contribution in [3.8, 4) is 5.75 Å². The molecule has 0 saturated heterocycles. The summed E-state index contributed by atoms with van der Waals surface area (Å²) in [7, 11) is 4.05. The summed E-state index contributed by atoms with van der Waals surface area (Å²) in [5.74, 6) is 1.45. The molecular weight excluding hydrogens is 270 g/mol. The molecule has 2 aromatic carbocycles. The summed E-state index contributed by atoms with van der Waals surface area (Å²) in [6.45, 7) is 1.15. The molecule has 114 valence electrons. The fourth-order valence-corrected chi connectivity index (χ4v) is 4.27. The molecule has 2 heteroatoms. The molecule has 22 heavy (non-hydrogen) atoms. The highest BCUT2D eigenvalue weighted by molar-refractivity contribution is 5.48. The second-order valence-corrected chi connectivity index (χ2v) is 6.58. The van der Waals surface area contributed by atoms with Crippen molar-refractivity contribution in [3.05, 3.63) is 64.7 Å². The van der Waals surface area contributed by atoms with Crippen molar-refractivity contribution < 1.29 is 4.74 Å². The lowest BCUT2D eigenvalue weighted by Gasteiger charge is -2.38. The van der Waals surface area contributed by atoms with Gasteiger partial charge in [0.1, 0.15) is 5.75 Å². The maximum Gasteiger partial charge on any atom is 0.119 e. The molecule has 0 spiro atoms. The fourth-order valence-electron chi connectivity index (χ4n) is 4.27. The zero-order chi connectivity index (χ0) is 15.1. The first kappa shape index (κ1) is 13.8. The minimum atomic E-state index is 0.475. The van der Waals surface area contributed by atoms with Gasteiger partial charge in [0.05, 0.1) is 7.11 Å². The monoisotopic (exact) mass is 293 g/mol. The molecule has 0 aromatic heterocycles. The summed E-state index contributed by atoms with van der Waals surface area (Å²) < 4.78 is 5.49. The van der Waals surface area contributed by atoms with Crippen LogP contribution < -0.4 is 4.74 Å². The Morgan fingerprint density at radius 1 is 1.00 bits per heavy atom. The number of nitrogens with zero attached hydrogens (tertiary/aromatic N) is 1. The fraction of sp³-hybridized carbons (Fsp3) is 0.400. The molecular formula is C20H23NO. The molecule has 2 atom stereocenters. The Balaban J connectivity index is 1.91. The molecule has 1 heterocycles. The maximum atomic E-state index is 5.49. The highest BCUT2D eigenvalue weighted by atomic mass is 16.5. The SMILES string of the molecule is COc1ccc2c(c1)[C@H]1c3ccccc3CCN(C)[C@@H]1CC2. The van der Waals surface area contributed by atoms with Gasteiger partial charge in [0, 0.05) is 18.5 Å².